The van der Waals surface area contributed by atoms with Gasteiger partial charge < -0.3 is 10.6 Å². The Morgan fingerprint density at radius 3 is 2.75 bits per heavy atom. The average Bonchev–Trinajstić information content (AvgIpc) is 3.11. The third-order valence-electron chi connectivity index (χ3n) is 5.77. The lowest BCUT2D eigenvalue weighted by Crippen LogP contribution is -2.52. The van der Waals surface area contributed by atoms with Crippen LogP contribution >= 0.6 is 0 Å². The van der Waals surface area contributed by atoms with Crippen molar-refractivity contribution >= 4 is 17.7 Å². The molecular weight excluding hydrogens is 370 g/mol. The molecule has 3 N–H and O–H groups in total. The highest BCUT2D eigenvalue weighted by atomic mass is 19.3. The fourth-order valence-corrected chi connectivity index (χ4v) is 4.42. The Labute approximate surface area is 160 Å². The Hall–Kier alpha value is -2.39. The molecule has 0 aromatic heterocycles. The minimum Gasteiger partial charge on any atom is -0.329 e. The topological polar surface area (TPSA) is 95.7 Å². The fourth-order valence-electron chi connectivity index (χ4n) is 4.42. The van der Waals surface area contributed by atoms with Gasteiger partial charge in [-0.3, -0.25) is 24.6 Å². The molecule has 28 heavy (non-hydrogen) atoms. The Morgan fingerprint density at radius 2 is 2.04 bits per heavy atom. The number of hydrogen-bond donors (Lipinski definition) is 2. The van der Waals surface area contributed by atoms with E-state index in [9.17, 15) is 23.2 Å². The number of halogens is 2. The van der Waals surface area contributed by atoms with Gasteiger partial charge in [0.2, 0.25) is 11.8 Å². The van der Waals surface area contributed by atoms with Gasteiger partial charge in [-0.15, -0.1) is 0 Å². The number of nitrogens with two attached hydrogens (primary N) is 1. The molecule has 0 spiro atoms. The quantitative estimate of drug-likeness (QED) is 0.733. The molecule has 7 nitrogen and oxygen atoms in total. The normalized spacial score (nSPS) is 27.2. The summed E-state index contributed by atoms with van der Waals surface area (Å²) in [6.07, 6.45) is 0.187. The summed E-state index contributed by atoms with van der Waals surface area (Å²) < 4.78 is 27.6. The number of hydrogen-bond acceptors (Lipinski definition) is 5. The predicted octanol–water partition coefficient (Wildman–Crippen LogP) is 0.616. The number of benzene rings is 1. The zero-order valence-corrected chi connectivity index (χ0v) is 15.3. The fraction of sp³-hybridized carbons (Fsp3) is 0.526. The summed E-state index contributed by atoms with van der Waals surface area (Å²) in [5.74, 6) is -3.89. The van der Waals surface area contributed by atoms with Crippen molar-refractivity contribution < 1.29 is 23.2 Å². The maximum atomic E-state index is 13.8. The third-order valence-corrected chi connectivity index (χ3v) is 5.77. The van der Waals surface area contributed by atoms with Gasteiger partial charge in [0, 0.05) is 44.1 Å². The number of fused-ring (bicyclic) bond motifs is 1. The van der Waals surface area contributed by atoms with Crippen LogP contribution in [-0.4, -0.2) is 58.6 Å². The summed E-state index contributed by atoms with van der Waals surface area (Å²) in [6, 6.07) is 4.23. The third kappa shape index (κ3) is 3.29. The number of likely N-dealkylation sites (tertiary alicyclic amines) is 1. The van der Waals surface area contributed by atoms with Crippen LogP contribution in [0.2, 0.25) is 0 Å². The summed E-state index contributed by atoms with van der Waals surface area (Å²) in [6.45, 7) is 0.213. The van der Waals surface area contributed by atoms with Gasteiger partial charge in [0.15, 0.2) is 0 Å². The van der Waals surface area contributed by atoms with Gasteiger partial charge in [-0.25, -0.2) is 8.78 Å². The van der Waals surface area contributed by atoms with Crippen LogP contribution in [0.5, 0.6) is 0 Å². The van der Waals surface area contributed by atoms with Crippen molar-refractivity contribution in [2.75, 3.05) is 13.1 Å². The van der Waals surface area contributed by atoms with Gasteiger partial charge in [0.1, 0.15) is 6.04 Å². The van der Waals surface area contributed by atoms with E-state index in [0.717, 1.165) is 5.56 Å². The molecule has 1 aromatic rings. The van der Waals surface area contributed by atoms with Crippen LogP contribution in [0.25, 0.3) is 0 Å². The van der Waals surface area contributed by atoms with E-state index < -0.39 is 23.9 Å². The first-order chi connectivity index (χ1) is 13.3. The van der Waals surface area contributed by atoms with Crippen LogP contribution in [0.4, 0.5) is 8.78 Å². The molecule has 1 aromatic carbocycles. The molecule has 3 amide bonds. The number of rotatable bonds is 4. The number of piperidine rings is 1. The van der Waals surface area contributed by atoms with E-state index in [0.29, 0.717) is 11.1 Å². The van der Waals surface area contributed by atoms with Gasteiger partial charge >= 0.3 is 0 Å². The van der Waals surface area contributed by atoms with Gasteiger partial charge in [-0.2, -0.15) is 0 Å². The minimum absolute atomic E-state index is 0.126. The second-order valence-corrected chi connectivity index (χ2v) is 7.71. The number of nitrogens with zero attached hydrogens (tertiary/aromatic N) is 2. The van der Waals surface area contributed by atoms with E-state index in [4.69, 9.17) is 5.73 Å². The second kappa shape index (κ2) is 6.89. The van der Waals surface area contributed by atoms with Crippen molar-refractivity contribution in [1.82, 2.24) is 15.1 Å². The van der Waals surface area contributed by atoms with Crippen LogP contribution in [0.1, 0.15) is 40.7 Å². The van der Waals surface area contributed by atoms with E-state index in [1.54, 1.807) is 17.0 Å². The average molecular weight is 392 g/mol. The predicted molar refractivity (Wildman–Crippen MR) is 95.3 cm³/mol. The molecule has 0 saturated carbocycles. The van der Waals surface area contributed by atoms with E-state index in [2.05, 4.69) is 5.32 Å². The van der Waals surface area contributed by atoms with E-state index in [1.807, 2.05) is 6.07 Å². The molecule has 3 aliphatic heterocycles. The van der Waals surface area contributed by atoms with Crippen molar-refractivity contribution in [3.63, 3.8) is 0 Å². The van der Waals surface area contributed by atoms with Crippen molar-refractivity contribution in [3.8, 4) is 0 Å². The van der Waals surface area contributed by atoms with Gasteiger partial charge in [0.05, 0.1) is 6.54 Å². The second-order valence-electron chi connectivity index (χ2n) is 7.71. The van der Waals surface area contributed by atoms with E-state index in [1.165, 1.54) is 4.90 Å². The molecule has 0 aliphatic carbocycles. The first-order valence-electron chi connectivity index (χ1n) is 9.36. The van der Waals surface area contributed by atoms with E-state index >= 15 is 0 Å². The molecule has 4 rings (SSSR count). The lowest BCUT2D eigenvalue weighted by molar-refractivity contribution is -0.136. The molecule has 2 saturated heterocycles. The molecule has 2 atom stereocenters. The van der Waals surface area contributed by atoms with Crippen LogP contribution in [0.3, 0.4) is 0 Å². The molecular formula is C19H22F2N4O3. The maximum absolute atomic E-state index is 13.8. The molecule has 3 aliphatic rings. The highest BCUT2D eigenvalue weighted by Crippen LogP contribution is 2.35. The Bertz CT molecular complexity index is 844. The maximum Gasteiger partial charge on any atom is 0.262 e. The highest BCUT2D eigenvalue weighted by molar-refractivity contribution is 6.05. The number of amides is 3. The lowest BCUT2D eigenvalue weighted by Gasteiger charge is -2.29. The molecule has 9 heteroatoms. The number of carbonyl (C=O) groups excluding carboxylic acids is 3. The standard InChI is InChI=1S/C19H22F2N4O3/c20-19(21)6-13(7-22)24(10-19)8-11-2-1-3-12-9-25(18(28)16(11)12)14-4-5-15(26)23-17(14)27/h1-3,13-14H,4-10,22H2,(H,23,26,27)/t13-,14?/m0/s1. The molecule has 1 unspecified atom stereocenters. The first-order valence-corrected chi connectivity index (χ1v) is 9.36. The molecule has 0 radical (unpaired) electrons. The lowest BCUT2D eigenvalue weighted by atomic mass is 10.0. The summed E-state index contributed by atoms with van der Waals surface area (Å²) in [5, 5.41) is 2.27. The monoisotopic (exact) mass is 392 g/mol. The summed E-state index contributed by atoms with van der Waals surface area (Å²) >= 11 is 0. The number of nitrogens with one attached hydrogen (secondary N) is 1. The molecule has 3 heterocycles. The zero-order chi connectivity index (χ0) is 20.1. The van der Waals surface area contributed by atoms with Crippen molar-refractivity contribution in [1.29, 1.82) is 0 Å². The molecule has 2 fully saturated rings. The Balaban J connectivity index is 1.57. The van der Waals surface area contributed by atoms with Crippen LogP contribution < -0.4 is 11.1 Å². The van der Waals surface area contributed by atoms with Crippen molar-refractivity contribution in [2.24, 2.45) is 5.73 Å². The smallest absolute Gasteiger partial charge is 0.262 e. The van der Waals surface area contributed by atoms with Gasteiger partial charge in [-0.05, 0) is 17.5 Å². The number of carbonyl (C=O) groups is 3. The van der Waals surface area contributed by atoms with Crippen molar-refractivity contribution in [3.05, 3.63) is 34.9 Å². The summed E-state index contributed by atoms with van der Waals surface area (Å²) in [5.41, 5.74) is 7.56. The molecule has 150 valence electrons. The largest absolute Gasteiger partial charge is 0.329 e. The van der Waals surface area contributed by atoms with Gasteiger partial charge in [0.25, 0.3) is 11.8 Å². The first kappa shape index (κ1) is 18.9. The van der Waals surface area contributed by atoms with Crippen LogP contribution in [0, 0.1) is 0 Å². The Morgan fingerprint density at radius 1 is 1.25 bits per heavy atom. The van der Waals surface area contributed by atoms with E-state index in [-0.39, 0.29) is 57.3 Å². The number of imide groups is 1. The van der Waals surface area contributed by atoms with Crippen molar-refractivity contribution in [2.45, 2.75) is 50.4 Å². The minimum atomic E-state index is -2.79. The summed E-state index contributed by atoms with van der Waals surface area (Å²) in [7, 11) is 0. The van der Waals surface area contributed by atoms with Crippen LogP contribution in [0.15, 0.2) is 18.2 Å². The SMILES string of the molecule is NC[C@@H]1CC(F)(F)CN1Cc1cccc2c1C(=O)N(C1CCC(=O)NC1=O)C2. The molecule has 0 bridgehead atoms. The van der Waals surface area contributed by atoms with Crippen LogP contribution in [-0.2, 0) is 22.7 Å². The highest BCUT2D eigenvalue weighted by Gasteiger charge is 2.45. The zero-order valence-electron chi connectivity index (χ0n) is 15.3. The number of alkyl halides is 2. The van der Waals surface area contributed by atoms with Gasteiger partial charge in [-0.1, -0.05) is 18.2 Å². The summed E-state index contributed by atoms with van der Waals surface area (Å²) in [4.78, 5) is 39.7. The Kier molecular flexibility index (Phi) is 4.67.